The molecule has 0 atom stereocenters. The van der Waals surface area contributed by atoms with Crippen LogP contribution < -0.4 is 4.74 Å². The van der Waals surface area contributed by atoms with E-state index in [0.717, 1.165) is 11.1 Å². The van der Waals surface area contributed by atoms with Gasteiger partial charge >= 0.3 is 0 Å². The first kappa shape index (κ1) is 11.5. The van der Waals surface area contributed by atoms with E-state index >= 15 is 0 Å². The maximum atomic E-state index is 9.65. The number of benzene rings is 2. The number of phenolic OH excluding ortho intramolecular Hbond substituents is 1. The van der Waals surface area contributed by atoms with E-state index in [1.54, 1.807) is 19.2 Å². The zero-order chi connectivity index (χ0) is 12.4. The minimum absolute atomic E-state index is 0.222. The third-order valence-corrected chi connectivity index (χ3v) is 2.82. The van der Waals surface area contributed by atoms with Crippen molar-refractivity contribution in [3.63, 3.8) is 0 Å². The van der Waals surface area contributed by atoms with Crippen LogP contribution in [-0.2, 0) is 0 Å². The SMILES string of the molecule is COc1cc(O)cc(-c2ccc(C)cc2C)c1. The monoisotopic (exact) mass is 228 g/mol. The van der Waals surface area contributed by atoms with Gasteiger partial charge in [-0.1, -0.05) is 23.8 Å². The third-order valence-electron chi connectivity index (χ3n) is 2.82. The molecule has 2 aromatic rings. The molecule has 17 heavy (non-hydrogen) atoms. The van der Waals surface area contributed by atoms with Gasteiger partial charge < -0.3 is 9.84 Å². The summed E-state index contributed by atoms with van der Waals surface area (Å²) in [5, 5.41) is 9.65. The Kier molecular flexibility index (Phi) is 3.05. The summed E-state index contributed by atoms with van der Waals surface area (Å²) in [6.07, 6.45) is 0. The Labute approximate surface area is 101 Å². The first-order valence-electron chi connectivity index (χ1n) is 5.56. The highest BCUT2D eigenvalue weighted by Crippen LogP contribution is 2.31. The highest BCUT2D eigenvalue weighted by atomic mass is 16.5. The zero-order valence-corrected chi connectivity index (χ0v) is 10.3. The van der Waals surface area contributed by atoms with Gasteiger partial charge in [-0.3, -0.25) is 0 Å². The van der Waals surface area contributed by atoms with Gasteiger partial charge in [-0.05, 0) is 42.7 Å². The quantitative estimate of drug-likeness (QED) is 0.849. The van der Waals surface area contributed by atoms with Crippen LogP contribution in [0.25, 0.3) is 11.1 Å². The van der Waals surface area contributed by atoms with Crippen LogP contribution in [0.3, 0.4) is 0 Å². The molecule has 0 saturated carbocycles. The lowest BCUT2D eigenvalue weighted by Gasteiger charge is -2.09. The Balaban J connectivity index is 2.55. The normalized spacial score (nSPS) is 10.3. The average molecular weight is 228 g/mol. The van der Waals surface area contributed by atoms with Crippen LogP contribution >= 0.6 is 0 Å². The van der Waals surface area contributed by atoms with Crippen molar-refractivity contribution in [3.05, 3.63) is 47.5 Å². The Bertz CT molecular complexity index is 545. The highest BCUT2D eigenvalue weighted by Gasteiger charge is 2.05. The summed E-state index contributed by atoms with van der Waals surface area (Å²) < 4.78 is 5.16. The van der Waals surface area contributed by atoms with E-state index in [2.05, 4.69) is 32.0 Å². The van der Waals surface area contributed by atoms with E-state index in [9.17, 15) is 5.11 Å². The lowest BCUT2D eigenvalue weighted by atomic mass is 9.98. The maximum Gasteiger partial charge on any atom is 0.123 e. The first-order chi connectivity index (χ1) is 8.10. The van der Waals surface area contributed by atoms with Crippen molar-refractivity contribution in [2.75, 3.05) is 7.11 Å². The molecule has 2 nitrogen and oxygen atoms in total. The number of ether oxygens (including phenoxy) is 1. The molecule has 0 fully saturated rings. The van der Waals surface area contributed by atoms with Crippen LogP contribution in [0.4, 0.5) is 0 Å². The van der Waals surface area contributed by atoms with E-state index in [1.165, 1.54) is 11.1 Å². The Morgan fingerprint density at radius 2 is 1.76 bits per heavy atom. The molecule has 0 unspecified atom stereocenters. The molecule has 0 aliphatic rings. The predicted molar refractivity (Wildman–Crippen MR) is 69.6 cm³/mol. The Morgan fingerprint density at radius 1 is 1.00 bits per heavy atom. The fourth-order valence-corrected chi connectivity index (χ4v) is 1.99. The average Bonchev–Trinajstić information content (AvgIpc) is 2.28. The minimum atomic E-state index is 0.222. The van der Waals surface area contributed by atoms with E-state index in [0.29, 0.717) is 5.75 Å². The topological polar surface area (TPSA) is 29.5 Å². The van der Waals surface area contributed by atoms with Gasteiger partial charge in [-0.2, -0.15) is 0 Å². The number of aromatic hydroxyl groups is 1. The number of rotatable bonds is 2. The summed E-state index contributed by atoms with van der Waals surface area (Å²) in [5.41, 5.74) is 4.51. The van der Waals surface area contributed by atoms with Crippen molar-refractivity contribution in [2.24, 2.45) is 0 Å². The van der Waals surface area contributed by atoms with Crippen LogP contribution in [0.2, 0.25) is 0 Å². The van der Waals surface area contributed by atoms with Gasteiger partial charge in [-0.15, -0.1) is 0 Å². The number of aryl methyl sites for hydroxylation is 2. The summed E-state index contributed by atoms with van der Waals surface area (Å²) in [6, 6.07) is 11.5. The second kappa shape index (κ2) is 4.50. The molecule has 2 rings (SSSR count). The molecule has 2 heteroatoms. The predicted octanol–water partition coefficient (Wildman–Crippen LogP) is 3.68. The Morgan fingerprint density at radius 3 is 2.41 bits per heavy atom. The van der Waals surface area contributed by atoms with Gasteiger partial charge in [0.05, 0.1) is 7.11 Å². The van der Waals surface area contributed by atoms with E-state index in [4.69, 9.17) is 4.74 Å². The van der Waals surface area contributed by atoms with Gasteiger partial charge in [0.15, 0.2) is 0 Å². The van der Waals surface area contributed by atoms with Crippen molar-refractivity contribution in [2.45, 2.75) is 13.8 Å². The lowest BCUT2D eigenvalue weighted by Crippen LogP contribution is -1.87. The molecule has 88 valence electrons. The molecule has 2 aromatic carbocycles. The third kappa shape index (κ3) is 2.41. The summed E-state index contributed by atoms with van der Waals surface area (Å²) in [7, 11) is 1.60. The van der Waals surface area contributed by atoms with Crippen LogP contribution in [0.5, 0.6) is 11.5 Å². The van der Waals surface area contributed by atoms with Crippen molar-refractivity contribution in [3.8, 4) is 22.6 Å². The maximum absolute atomic E-state index is 9.65. The molecular formula is C15H16O2. The van der Waals surface area contributed by atoms with Gasteiger partial charge in [0.1, 0.15) is 11.5 Å². The zero-order valence-electron chi connectivity index (χ0n) is 10.3. The van der Waals surface area contributed by atoms with Crippen LogP contribution in [0.1, 0.15) is 11.1 Å². The number of hydrogen-bond donors (Lipinski definition) is 1. The minimum Gasteiger partial charge on any atom is -0.508 e. The summed E-state index contributed by atoms with van der Waals surface area (Å²) in [5.74, 6) is 0.888. The highest BCUT2D eigenvalue weighted by molar-refractivity contribution is 5.70. The standard InChI is InChI=1S/C15H16O2/c1-10-4-5-15(11(2)6-10)12-7-13(16)9-14(8-12)17-3/h4-9,16H,1-3H3. The molecular weight excluding hydrogens is 212 g/mol. The molecule has 0 spiro atoms. The van der Waals surface area contributed by atoms with Gasteiger partial charge in [0.25, 0.3) is 0 Å². The molecule has 0 aromatic heterocycles. The molecule has 0 aliphatic carbocycles. The molecule has 0 amide bonds. The van der Waals surface area contributed by atoms with Crippen LogP contribution in [0.15, 0.2) is 36.4 Å². The van der Waals surface area contributed by atoms with Crippen molar-refractivity contribution in [1.29, 1.82) is 0 Å². The second-order valence-electron chi connectivity index (χ2n) is 4.24. The molecule has 0 heterocycles. The van der Waals surface area contributed by atoms with E-state index in [1.807, 2.05) is 6.07 Å². The number of hydrogen-bond acceptors (Lipinski definition) is 2. The molecule has 0 radical (unpaired) electrons. The number of phenols is 1. The Hall–Kier alpha value is -1.96. The molecule has 0 saturated heterocycles. The smallest absolute Gasteiger partial charge is 0.123 e. The van der Waals surface area contributed by atoms with Crippen molar-refractivity contribution in [1.82, 2.24) is 0 Å². The lowest BCUT2D eigenvalue weighted by molar-refractivity contribution is 0.408. The number of methoxy groups -OCH3 is 1. The summed E-state index contributed by atoms with van der Waals surface area (Å²) in [4.78, 5) is 0. The van der Waals surface area contributed by atoms with Gasteiger partial charge in [0.2, 0.25) is 0 Å². The van der Waals surface area contributed by atoms with E-state index in [-0.39, 0.29) is 5.75 Å². The summed E-state index contributed by atoms with van der Waals surface area (Å²) >= 11 is 0. The van der Waals surface area contributed by atoms with Gasteiger partial charge in [-0.25, -0.2) is 0 Å². The summed E-state index contributed by atoms with van der Waals surface area (Å²) in [6.45, 7) is 4.14. The first-order valence-corrected chi connectivity index (χ1v) is 5.56. The molecule has 0 bridgehead atoms. The molecule has 0 aliphatic heterocycles. The fourth-order valence-electron chi connectivity index (χ4n) is 1.99. The van der Waals surface area contributed by atoms with Gasteiger partial charge in [0, 0.05) is 6.07 Å². The van der Waals surface area contributed by atoms with E-state index < -0.39 is 0 Å². The van der Waals surface area contributed by atoms with Crippen molar-refractivity contribution < 1.29 is 9.84 Å². The van der Waals surface area contributed by atoms with Crippen LogP contribution in [0, 0.1) is 13.8 Å². The van der Waals surface area contributed by atoms with Crippen LogP contribution in [-0.4, -0.2) is 12.2 Å². The molecule has 1 N–H and O–H groups in total. The fraction of sp³-hybridized carbons (Fsp3) is 0.200. The van der Waals surface area contributed by atoms with Crippen molar-refractivity contribution >= 4 is 0 Å². The largest absolute Gasteiger partial charge is 0.508 e. The second-order valence-corrected chi connectivity index (χ2v) is 4.24.